The summed E-state index contributed by atoms with van der Waals surface area (Å²) in [4.78, 5) is 0. The second-order valence-corrected chi connectivity index (χ2v) is 6.68. The first kappa shape index (κ1) is 17.2. The minimum Gasteiger partial charge on any atom is -0.332 e. The molecular weight excluding hydrogens is 324 g/mol. The van der Waals surface area contributed by atoms with Crippen LogP contribution in [0.3, 0.4) is 0 Å². The zero-order valence-electron chi connectivity index (χ0n) is 14.5. The van der Waals surface area contributed by atoms with Gasteiger partial charge in [-0.25, -0.2) is 0 Å². The molecule has 0 radical (unpaired) electrons. The maximum Gasteiger partial charge on any atom is 0.175 e. The maximum absolute atomic E-state index is 5.51. The molecule has 0 atom stereocenters. The molecule has 0 unspecified atom stereocenters. The zero-order valence-corrected chi connectivity index (χ0v) is 15.4. The van der Waals surface area contributed by atoms with E-state index in [0.29, 0.717) is 5.11 Å². The first-order valence-electron chi connectivity index (χ1n) is 8.38. The van der Waals surface area contributed by atoms with Gasteiger partial charge in [0.2, 0.25) is 0 Å². The van der Waals surface area contributed by atoms with Gasteiger partial charge in [-0.05, 0) is 72.9 Å². The van der Waals surface area contributed by atoms with Crippen LogP contribution in [0.15, 0.2) is 72.8 Å². The van der Waals surface area contributed by atoms with E-state index >= 15 is 0 Å². The predicted octanol–water partition coefficient (Wildman–Crippen LogP) is 5.70. The van der Waals surface area contributed by atoms with Gasteiger partial charge in [0.05, 0.1) is 0 Å². The van der Waals surface area contributed by atoms with Crippen LogP contribution < -0.4 is 10.6 Å². The molecule has 2 N–H and O–H groups in total. The molecule has 3 aromatic carbocycles. The lowest BCUT2D eigenvalue weighted by atomic mass is 10.0. The molecule has 25 heavy (non-hydrogen) atoms. The molecule has 0 aliphatic heterocycles. The van der Waals surface area contributed by atoms with Crippen LogP contribution in [-0.4, -0.2) is 5.11 Å². The average molecular weight is 346 g/mol. The van der Waals surface area contributed by atoms with Crippen molar-refractivity contribution in [3.8, 4) is 0 Å². The number of benzene rings is 3. The van der Waals surface area contributed by atoms with Crippen LogP contribution in [0.25, 0.3) is 0 Å². The van der Waals surface area contributed by atoms with Gasteiger partial charge in [0.1, 0.15) is 0 Å². The predicted molar refractivity (Wildman–Crippen MR) is 111 cm³/mol. The summed E-state index contributed by atoms with van der Waals surface area (Å²) in [6.07, 6.45) is 0.871. The molecule has 0 aromatic heterocycles. The van der Waals surface area contributed by atoms with Gasteiger partial charge in [-0.15, -0.1) is 0 Å². The maximum atomic E-state index is 5.51. The van der Waals surface area contributed by atoms with Crippen LogP contribution in [0.2, 0.25) is 0 Å². The quantitative estimate of drug-likeness (QED) is 0.592. The van der Waals surface area contributed by atoms with E-state index in [-0.39, 0.29) is 0 Å². The van der Waals surface area contributed by atoms with Crippen molar-refractivity contribution in [3.63, 3.8) is 0 Å². The molecule has 0 saturated carbocycles. The van der Waals surface area contributed by atoms with Crippen molar-refractivity contribution in [3.05, 3.63) is 95.1 Å². The Morgan fingerprint density at radius 1 is 0.800 bits per heavy atom. The topological polar surface area (TPSA) is 24.1 Å². The number of rotatable bonds is 4. The Hall–Kier alpha value is -2.65. The fraction of sp³-hybridized carbons (Fsp3) is 0.136. The lowest BCUT2D eigenvalue weighted by Crippen LogP contribution is -2.20. The van der Waals surface area contributed by atoms with E-state index in [2.05, 4.69) is 85.1 Å². The smallest absolute Gasteiger partial charge is 0.175 e. The van der Waals surface area contributed by atoms with E-state index in [0.717, 1.165) is 17.8 Å². The summed E-state index contributed by atoms with van der Waals surface area (Å²) in [6, 6.07) is 25.1. The monoisotopic (exact) mass is 346 g/mol. The van der Waals surface area contributed by atoms with E-state index in [4.69, 9.17) is 12.2 Å². The number of nitrogens with one attached hydrogen (secondary N) is 2. The summed E-state index contributed by atoms with van der Waals surface area (Å²) >= 11 is 5.51. The summed E-state index contributed by atoms with van der Waals surface area (Å²) in [6.45, 7) is 4.17. The SMILES string of the molecule is Cc1cc(C)cc(NC(=S)Nc2ccccc2Cc2ccccc2)c1. The highest BCUT2D eigenvalue weighted by Gasteiger charge is 2.06. The molecule has 0 saturated heterocycles. The second-order valence-electron chi connectivity index (χ2n) is 6.28. The number of hydrogen-bond donors (Lipinski definition) is 2. The number of thiocarbonyl (C=S) groups is 1. The third-order valence-electron chi connectivity index (χ3n) is 3.98. The van der Waals surface area contributed by atoms with Gasteiger partial charge in [0.15, 0.2) is 5.11 Å². The van der Waals surface area contributed by atoms with Gasteiger partial charge >= 0.3 is 0 Å². The summed E-state index contributed by atoms with van der Waals surface area (Å²) in [5.74, 6) is 0. The van der Waals surface area contributed by atoms with Crippen LogP contribution in [0, 0.1) is 13.8 Å². The third-order valence-corrected chi connectivity index (χ3v) is 4.19. The van der Waals surface area contributed by atoms with Gasteiger partial charge < -0.3 is 10.6 Å². The molecule has 3 heteroatoms. The summed E-state index contributed by atoms with van der Waals surface area (Å²) in [5.41, 5.74) is 6.98. The summed E-state index contributed by atoms with van der Waals surface area (Å²) < 4.78 is 0. The van der Waals surface area contributed by atoms with E-state index in [1.165, 1.54) is 22.3 Å². The Balaban J connectivity index is 1.73. The normalized spacial score (nSPS) is 10.3. The fourth-order valence-corrected chi connectivity index (χ4v) is 3.17. The van der Waals surface area contributed by atoms with E-state index in [1.807, 2.05) is 12.1 Å². The standard InChI is InChI=1S/C22H22N2S/c1-16-12-17(2)14-20(13-16)23-22(25)24-21-11-7-6-10-19(21)15-18-8-4-3-5-9-18/h3-14H,15H2,1-2H3,(H2,23,24,25). The van der Waals surface area contributed by atoms with Crippen molar-refractivity contribution in [1.29, 1.82) is 0 Å². The lowest BCUT2D eigenvalue weighted by molar-refractivity contribution is 1.19. The molecule has 2 nitrogen and oxygen atoms in total. The molecule has 3 aromatic rings. The highest BCUT2D eigenvalue weighted by molar-refractivity contribution is 7.80. The van der Waals surface area contributed by atoms with Crippen LogP contribution >= 0.6 is 12.2 Å². The highest BCUT2D eigenvalue weighted by atomic mass is 32.1. The molecule has 0 bridgehead atoms. The van der Waals surface area contributed by atoms with Crippen molar-refractivity contribution < 1.29 is 0 Å². The fourth-order valence-electron chi connectivity index (χ4n) is 2.94. The number of aryl methyl sites for hydroxylation is 2. The molecule has 126 valence electrons. The Morgan fingerprint density at radius 2 is 1.44 bits per heavy atom. The molecule has 0 spiro atoms. The second kappa shape index (κ2) is 7.95. The van der Waals surface area contributed by atoms with Crippen molar-refractivity contribution >= 4 is 28.7 Å². The molecule has 3 rings (SSSR count). The van der Waals surface area contributed by atoms with Crippen molar-refractivity contribution in [2.45, 2.75) is 20.3 Å². The van der Waals surface area contributed by atoms with Gasteiger partial charge in [-0.1, -0.05) is 54.6 Å². The molecule has 0 aliphatic rings. The first-order valence-corrected chi connectivity index (χ1v) is 8.79. The molecule has 0 heterocycles. The molecule has 0 fully saturated rings. The Morgan fingerprint density at radius 3 is 2.16 bits per heavy atom. The summed E-state index contributed by atoms with van der Waals surface area (Å²) in [5, 5.41) is 7.22. The highest BCUT2D eigenvalue weighted by Crippen LogP contribution is 2.20. The first-order chi connectivity index (χ1) is 12.1. The Bertz CT molecular complexity index is 852. The van der Waals surface area contributed by atoms with E-state index in [1.54, 1.807) is 0 Å². The van der Waals surface area contributed by atoms with Crippen molar-refractivity contribution in [2.75, 3.05) is 10.6 Å². The molecule has 0 amide bonds. The van der Waals surface area contributed by atoms with Crippen LogP contribution in [0.5, 0.6) is 0 Å². The summed E-state index contributed by atoms with van der Waals surface area (Å²) in [7, 11) is 0. The minimum absolute atomic E-state index is 0.602. The Labute approximate surface area is 154 Å². The average Bonchev–Trinajstić information content (AvgIpc) is 2.56. The van der Waals surface area contributed by atoms with Crippen LogP contribution in [0.4, 0.5) is 11.4 Å². The Kier molecular flexibility index (Phi) is 5.46. The zero-order chi connectivity index (χ0) is 17.6. The van der Waals surface area contributed by atoms with E-state index < -0.39 is 0 Å². The van der Waals surface area contributed by atoms with Gasteiger partial charge in [0, 0.05) is 11.4 Å². The van der Waals surface area contributed by atoms with Crippen LogP contribution in [-0.2, 0) is 6.42 Å². The van der Waals surface area contributed by atoms with Gasteiger partial charge in [0.25, 0.3) is 0 Å². The number of anilines is 2. The lowest BCUT2D eigenvalue weighted by Gasteiger charge is -2.15. The van der Waals surface area contributed by atoms with Crippen LogP contribution in [0.1, 0.15) is 22.3 Å². The van der Waals surface area contributed by atoms with Crippen molar-refractivity contribution in [1.82, 2.24) is 0 Å². The van der Waals surface area contributed by atoms with Gasteiger partial charge in [-0.3, -0.25) is 0 Å². The molecular formula is C22H22N2S. The third kappa shape index (κ3) is 4.91. The van der Waals surface area contributed by atoms with Crippen molar-refractivity contribution in [2.24, 2.45) is 0 Å². The molecule has 0 aliphatic carbocycles. The number of para-hydroxylation sites is 1. The van der Waals surface area contributed by atoms with E-state index in [9.17, 15) is 0 Å². The minimum atomic E-state index is 0.602. The number of hydrogen-bond acceptors (Lipinski definition) is 1. The van der Waals surface area contributed by atoms with Gasteiger partial charge in [-0.2, -0.15) is 0 Å². The largest absolute Gasteiger partial charge is 0.332 e.